The second-order valence-electron chi connectivity index (χ2n) is 18.2. The number of likely N-dealkylation sites (N-methyl/N-ethyl adjacent to an activating group) is 1. The normalized spacial score (nSPS) is 13.0. The highest BCUT2D eigenvalue weighted by Gasteiger charge is 2.32. The fraction of sp³-hybridized carbons (Fsp3) is 0.882. The van der Waals surface area contributed by atoms with E-state index in [0.717, 1.165) is 96.4 Å². The van der Waals surface area contributed by atoms with Crippen LogP contribution in [0.1, 0.15) is 241 Å². The van der Waals surface area contributed by atoms with Crippen LogP contribution in [0.3, 0.4) is 0 Å². The van der Waals surface area contributed by atoms with Crippen molar-refractivity contribution in [1.29, 1.82) is 0 Å². The number of amides is 1. The summed E-state index contributed by atoms with van der Waals surface area (Å²) in [5, 5.41) is 5.91. The van der Waals surface area contributed by atoms with Gasteiger partial charge in [0.15, 0.2) is 0 Å². The van der Waals surface area contributed by atoms with Crippen LogP contribution in [0.4, 0.5) is 4.79 Å². The van der Waals surface area contributed by atoms with Crippen LogP contribution >= 0.6 is 0 Å². The Morgan fingerprint density at radius 2 is 1.03 bits per heavy atom. The first-order chi connectivity index (χ1) is 29.4. The highest BCUT2D eigenvalue weighted by atomic mass is 16.6. The average Bonchev–Trinajstić information content (AvgIpc) is 3.21. The number of carbonyl (C=O) groups is 4. The third-order valence-electron chi connectivity index (χ3n) is 11.7. The number of hydrogen-bond donors (Lipinski definition) is 2. The maximum absolute atomic E-state index is 13.0. The van der Waals surface area contributed by atoms with E-state index in [-0.39, 0.29) is 37.3 Å². The Kier molecular flexibility index (Phi) is 38.4. The SMILES string of the molecule is C=C(C)C(=O)OCCNC(=O)OC(CCCCCC)CCCCCCCCCCC(=O)OC(C)(C)C(CCCCCC)CCCCCCCCCCC(=O)OC(C)CNCC. The molecule has 358 valence electrons. The minimum absolute atomic E-state index is 0.0498. The molecule has 0 radical (unpaired) electrons. The number of hydrogen-bond acceptors (Lipinski definition) is 9. The molecule has 3 atom stereocenters. The maximum Gasteiger partial charge on any atom is 0.407 e. The Hall–Kier alpha value is -2.62. The maximum atomic E-state index is 13.0. The van der Waals surface area contributed by atoms with E-state index >= 15 is 0 Å². The summed E-state index contributed by atoms with van der Waals surface area (Å²) in [7, 11) is 0. The van der Waals surface area contributed by atoms with Crippen LogP contribution in [0.5, 0.6) is 0 Å². The molecule has 0 aromatic rings. The van der Waals surface area contributed by atoms with E-state index in [9.17, 15) is 19.2 Å². The molecule has 0 bridgehead atoms. The molecule has 0 spiro atoms. The fourth-order valence-corrected chi connectivity index (χ4v) is 7.85. The quantitative estimate of drug-likeness (QED) is 0.0266. The van der Waals surface area contributed by atoms with Crippen molar-refractivity contribution >= 4 is 24.0 Å². The highest BCUT2D eigenvalue weighted by Crippen LogP contribution is 2.32. The molecule has 0 fully saturated rings. The lowest BCUT2D eigenvalue weighted by atomic mass is 9.82. The molecular weight excluding hydrogens is 769 g/mol. The van der Waals surface area contributed by atoms with Crippen molar-refractivity contribution < 1.29 is 38.1 Å². The van der Waals surface area contributed by atoms with Gasteiger partial charge in [-0.3, -0.25) is 9.59 Å². The van der Waals surface area contributed by atoms with Crippen LogP contribution < -0.4 is 10.6 Å². The minimum Gasteiger partial charge on any atom is -0.461 e. The lowest BCUT2D eigenvalue weighted by Gasteiger charge is -2.34. The highest BCUT2D eigenvalue weighted by molar-refractivity contribution is 5.86. The summed E-state index contributed by atoms with van der Waals surface area (Å²) in [4.78, 5) is 49.0. The van der Waals surface area contributed by atoms with Crippen LogP contribution in [-0.4, -0.2) is 68.1 Å². The van der Waals surface area contributed by atoms with Crippen molar-refractivity contribution in [3.63, 3.8) is 0 Å². The zero-order valence-corrected chi connectivity index (χ0v) is 40.7. The summed E-state index contributed by atoms with van der Waals surface area (Å²) < 4.78 is 22.5. The first kappa shape index (κ1) is 58.4. The van der Waals surface area contributed by atoms with Crippen LogP contribution in [0.15, 0.2) is 12.2 Å². The molecule has 61 heavy (non-hydrogen) atoms. The Balaban J connectivity index is 4.35. The molecule has 0 aromatic heterocycles. The summed E-state index contributed by atoms with van der Waals surface area (Å²) in [6.45, 7) is 19.8. The lowest BCUT2D eigenvalue weighted by Crippen LogP contribution is -2.37. The molecule has 3 unspecified atom stereocenters. The van der Waals surface area contributed by atoms with Gasteiger partial charge in [-0.2, -0.15) is 0 Å². The number of ether oxygens (including phenoxy) is 4. The molecule has 0 aromatic carbocycles. The molecule has 0 aliphatic rings. The smallest absolute Gasteiger partial charge is 0.407 e. The Bertz CT molecular complexity index is 1110. The molecule has 0 saturated carbocycles. The van der Waals surface area contributed by atoms with Gasteiger partial charge in [0, 0.05) is 25.0 Å². The third kappa shape index (κ3) is 36.6. The van der Waals surface area contributed by atoms with Gasteiger partial charge >= 0.3 is 24.0 Å². The number of alkyl carbamates (subject to hydrolysis) is 1. The van der Waals surface area contributed by atoms with Crippen LogP contribution in [-0.2, 0) is 33.3 Å². The van der Waals surface area contributed by atoms with Gasteiger partial charge in [-0.05, 0) is 91.5 Å². The van der Waals surface area contributed by atoms with Gasteiger partial charge in [0.25, 0.3) is 0 Å². The molecule has 10 heteroatoms. The zero-order valence-electron chi connectivity index (χ0n) is 40.7. The van der Waals surface area contributed by atoms with E-state index < -0.39 is 17.7 Å². The van der Waals surface area contributed by atoms with E-state index in [1.807, 2.05) is 13.8 Å². The van der Waals surface area contributed by atoms with Crippen LogP contribution in [0.2, 0.25) is 0 Å². The second kappa shape index (κ2) is 40.2. The van der Waals surface area contributed by atoms with Gasteiger partial charge in [-0.1, -0.05) is 156 Å². The zero-order chi connectivity index (χ0) is 45.4. The number of esters is 3. The molecule has 0 aliphatic carbocycles. The summed E-state index contributed by atoms with van der Waals surface area (Å²) in [6.07, 6.45) is 31.8. The largest absolute Gasteiger partial charge is 0.461 e. The third-order valence-corrected chi connectivity index (χ3v) is 11.7. The summed E-state index contributed by atoms with van der Waals surface area (Å²) in [5.41, 5.74) is -0.111. The predicted molar refractivity (Wildman–Crippen MR) is 252 cm³/mol. The molecule has 0 rings (SSSR count). The van der Waals surface area contributed by atoms with Gasteiger partial charge in [0.1, 0.15) is 24.4 Å². The Labute approximate surface area is 374 Å². The van der Waals surface area contributed by atoms with Crippen molar-refractivity contribution in [3.8, 4) is 0 Å². The van der Waals surface area contributed by atoms with Crippen molar-refractivity contribution in [3.05, 3.63) is 12.2 Å². The topological polar surface area (TPSA) is 129 Å². The van der Waals surface area contributed by atoms with E-state index in [4.69, 9.17) is 18.9 Å². The predicted octanol–water partition coefficient (Wildman–Crippen LogP) is 13.4. The number of rotatable bonds is 43. The van der Waals surface area contributed by atoms with Gasteiger partial charge in [-0.25, -0.2) is 9.59 Å². The molecule has 0 heterocycles. The van der Waals surface area contributed by atoms with Gasteiger partial charge in [0.2, 0.25) is 0 Å². The first-order valence-corrected chi connectivity index (χ1v) is 25.2. The van der Waals surface area contributed by atoms with E-state index in [1.165, 1.54) is 89.9 Å². The summed E-state index contributed by atoms with van der Waals surface area (Å²) in [5.74, 6) is -0.202. The van der Waals surface area contributed by atoms with Crippen molar-refractivity contribution in [1.82, 2.24) is 10.6 Å². The molecule has 10 nitrogen and oxygen atoms in total. The number of nitrogens with one attached hydrogen (secondary N) is 2. The van der Waals surface area contributed by atoms with Crippen LogP contribution in [0.25, 0.3) is 0 Å². The van der Waals surface area contributed by atoms with Crippen molar-refractivity contribution in [2.24, 2.45) is 5.92 Å². The average molecular weight is 865 g/mol. The lowest BCUT2D eigenvalue weighted by molar-refractivity contribution is -0.162. The standard InChI is InChI=1S/C51H96N2O8/c1-9-12-14-28-34-45(35-29-24-20-16-18-22-26-32-38-47(54)59-44(6)42-52-11-3)51(7,8)61-48(55)39-33-27-23-19-17-21-25-31-37-46(36-30-15-13-10-2)60-50(57)53-40-41-58-49(56)43(4)5/h44-46,52H,4,9-42H2,1-3,5-8H3,(H,53,57). The molecule has 1 amide bonds. The molecule has 0 aliphatic heterocycles. The molecule has 2 N–H and O–H groups in total. The number of unbranched alkanes of at least 4 members (excludes halogenated alkanes) is 20. The Morgan fingerprint density at radius 3 is 1.51 bits per heavy atom. The number of carbonyl (C=O) groups excluding carboxylic acids is 4. The summed E-state index contributed by atoms with van der Waals surface area (Å²) in [6, 6.07) is 0. The van der Waals surface area contributed by atoms with Crippen LogP contribution in [0, 0.1) is 5.92 Å². The molecule has 0 saturated heterocycles. The Morgan fingerprint density at radius 1 is 0.590 bits per heavy atom. The van der Waals surface area contributed by atoms with Gasteiger partial charge in [0.05, 0.1) is 6.54 Å². The van der Waals surface area contributed by atoms with Gasteiger partial charge < -0.3 is 29.6 Å². The van der Waals surface area contributed by atoms with Crippen molar-refractivity contribution in [2.75, 3.05) is 26.2 Å². The molecular formula is C51H96N2O8. The first-order valence-electron chi connectivity index (χ1n) is 25.2. The summed E-state index contributed by atoms with van der Waals surface area (Å²) >= 11 is 0. The minimum atomic E-state index is -0.461. The van der Waals surface area contributed by atoms with E-state index in [1.54, 1.807) is 6.92 Å². The fourth-order valence-electron chi connectivity index (χ4n) is 7.85. The van der Waals surface area contributed by atoms with Gasteiger partial charge in [-0.15, -0.1) is 0 Å². The van der Waals surface area contributed by atoms with E-state index in [2.05, 4.69) is 44.9 Å². The second-order valence-corrected chi connectivity index (χ2v) is 18.2. The van der Waals surface area contributed by atoms with E-state index in [0.29, 0.717) is 30.9 Å². The monoisotopic (exact) mass is 865 g/mol. The van der Waals surface area contributed by atoms with Crippen molar-refractivity contribution in [2.45, 2.75) is 259 Å².